The number of carboxylic acids is 1. The number of carboxylic acid groups (broad SMARTS) is 1. The lowest BCUT2D eigenvalue weighted by atomic mass is 10.1. The van der Waals surface area contributed by atoms with E-state index in [9.17, 15) is 22.7 Å². The molecule has 0 atom stereocenters. The number of anilines is 3. The van der Waals surface area contributed by atoms with Gasteiger partial charge in [-0.05, 0) is 54.4 Å². The Morgan fingerprint density at radius 2 is 1.56 bits per heavy atom. The van der Waals surface area contributed by atoms with Crippen molar-refractivity contribution in [1.29, 1.82) is 0 Å². The van der Waals surface area contributed by atoms with E-state index in [1.54, 1.807) is 36.4 Å². The van der Waals surface area contributed by atoms with Gasteiger partial charge >= 0.3 is 5.97 Å². The number of nitrogens with zero attached hydrogens (tertiary/aromatic N) is 2. The molecule has 9 heteroatoms. The Hall–Kier alpha value is -3.59. The first-order valence-electron chi connectivity index (χ1n) is 11.0. The molecule has 0 spiro atoms. The summed E-state index contributed by atoms with van der Waals surface area (Å²) in [5.74, 6) is -1.44. The highest BCUT2D eigenvalue weighted by Gasteiger charge is 2.24. The number of hydrogen-bond acceptors (Lipinski definition) is 5. The SMILES string of the molecule is CCc1ccc(S(=O)(=O)Nc2cc(C(=O)O)ccc2N2CCN(c3ccccc3F)CC2)cc1. The number of nitrogens with one attached hydrogen (secondary N) is 1. The van der Waals surface area contributed by atoms with Gasteiger partial charge in [0.25, 0.3) is 10.0 Å². The van der Waals surface area contributed by atoms with Gasteiger partial charge in [0, 0.05) is 26.2 Å². The van der Waals surface area contributed by atoms with Crippen LogP contribution in [0.15, 0.2) is 71.6 Å². The molecule has 3 aromatic rings. The number of aromatic carboxylic acids is 1. The van der Waals surface area contributed by atoms with Crippen LogP contribution in [0.2, 0.25) is 0 Å². The Balaban J connectivity index is 1.60. The molecule has 1 heterocycles. The van der Waals surface area contributed by atoms with Crippen LogP contribution < -0.4 is 14.5 Å². The van der Waals surface area contributed by atoms with Crippen molar-refractivity contribution in [3.63, 3.8) is 0 Å². The van der Waals surface area contributed by atoms with Crippen molar-refractivity contribution >= 4 is 33.1 Å². The Morgan fingerprint density at radius 1 is 0.941 bits per heavy atom. The van der Waals surface area contributed by atoms with Crippen molar-refractivity contribution in [2.75, 3.05) is 40.7 Å². The molecule has 0 amide bonds. The molecule has 1 fully saturated rings. The van der Waals surface area contributed by atoms with Crippen molar-refractivity contribution in [3.8, 4) is 0 Å². The van der Waals surface area contributed by atoms with Gasteiger partial charge < -0.3 is 14.9 Å². The zero-order valence-corrected chi connectivity index (χ0v) is 19.6. The number of sulfonamides is 1. The smallest absolute Gasteiger partial charge is 0.335 e. The minimum Gasteiger partial charge on any atom is -0.478 e. The van der Waals surface area contributed by atoms with E-state index in [2.05, 4.69) is 4.72 Å². The number of aryl methyl sites for hydroxylation is 1. The number of hydrogen-bond donors (Lipinski definition) is 2. The molecule has 7 nitrogen and oxygen atoms in total. The molecular formula is C25H26FN3O4S. The molecule has 0 radical (unpaired) electrons. The monoisotopic (exact) mass is 483 g/mol. The zero-order chi connectivity index (χ0) is 24.3. The molecule has 0 bridgehead atoms. The van der Waals surface area contributed by atoms with Crippen LogP contribution in [-0.2, 0) is 16.4 Å². The molecular weight excluding hydrogens is 457 g/mol. The third-order valence-corrected chi connectivity index (χ3v) is 7.32. The van der Waals surface area contributed by atoms with Crippen LogP contribution in [0.5, 0.6) is 0 Å². The Kier molecular flexibility index (Phi) is 6.74. The molecule has 0 unspecified atom stereocenters. The zero-order valence-electron chi connectivity index (χ0n) is 18.7. The van der Waals surface area contributed by atoms with E-state index in [1.165, 1.54) is 30.3 Å². The van der Waals surface area contributed by atoms with E-state index in [0.29, 0.717) is 37.6 Å². The largest absolute Gasteiger partial charge is 0.478 e. The fourth-order valence-corrected chi connectivity index (χ4v) is 5.10. The highest BCUT2D eigenvalue weighted by Crippen LogP contribution is 2.31. The third kappa shape index (κ3) is 4.99. The molecule has 34 heavy (non-hydrogen) atoms. The Morgan fingerprint density at radius 3 is 2.15 bits per heavy atom. The molecule has 0 aromatic heterocycles. The first kappa shape index (κ1) is 23.6. The minimum atomic E-state index is -3.93. The standard InChI is InChI=1S/C25H26FN3O4S/c1-2-18-7-10-20(11-8-18)34(32,33)27-22-17-19(25(30)31)9-12-24(22)29-15-13-28(14-16-29)23-6-4-3-5-21(23)26/h3-12,17,27H,2,13-16H2,1H3,(H,30,31). The highest BCUT2D eigenvalue weighted by atomic mass is 32.2. The summed E-state index contributed by atoms with van der Waals surface area (Å²) >= 11 is 0. The lowest BCUT2D eigenvalue weighted by Crippen LogP contribution is -2.47. The van der Waals surface area contributed by atoms with Gasteiger partial charge in [-0.25, -0.2) is 17.6 Å². The second-order valence-electron chi connectivity index (χ2n) is 8.07. The van der Waals surface area contributed by atoms with Crippen LogP contribution in [0, 0.1) is 5.82 Å². The lowest BCUT2D eigenvalue weighted by Gasteiger charge is -2.38. The van der Waals surface area contributed by atoms with Crippen molar-refractivity contribution in [2.45, 2.75) is 18.2 Å². The predicted octanol–water partition coefficient (Wildman–Crippen LogP) is 4.21. The molecule has 2 N–H and O–H groups in total. The summed E-state index contributed by atoms with van der Waals surface area (Å²) < 4.78 is 42.9. The van der Waals surface area contributed by atoms with Crippen LogP contribution >= 0.6 is 0 Å². The molecule has 4 rings (SSSR count). The van der Waals surface area contributed by atoms with Gasteiger partial charge in [-0.15, -0.1) is 0 Å². The van der Waals surface area contributed by atoms with E-state index in [4.69, 9.17) is 0 Å². The molecule has 178 valence electrons. The summed E-state index contributed by atoms with van der Waals surface area (Å²) in [6, 6.07) is 17.6. The maximum absolute atomic E-state index is 14.2. The Bertz CT molecular complexity index is 1290. The quantitative estimate of drug-likeness (QED) is 0.523. The van der Waals surface area contributed by atoms with Crippen molar-refractivity contribution in [2.24, 2.45) is 0 Å². The number of carbonyl (C=O) groups is 1. The highest BCUT2D eigenvalue weighted by molar-refractivity contribution is 7.92. The second kappa shape index (κ2) is 9.72. The maximum atomic E-state index is 14.2. The average Bonchev–Trinajstić information content (AvgIpc) is 2.84. The average molecular weight is 484 g/mol. The third-order valence-electron chi connectivity index (χ3n) is 5.94. The topological polar surface area (TPSA) is 89.9 Å². The van der Waals surface area contributed by atoms with E-state index >= 15 is 0 Å². The van der Waals surface area contributed by atoms with Gasteiger partial charge in [0.05, 0.1) is 27.5 Å². The first-order chi connectivity index (χ1) is 16.3. The molecule has 1 saturated heterocycles. The molecule has 3 aromatic carbocycles. The van der Waals surface area contributed by atoms with Gasteiger partial charge in [-0.3, -0.25) is 4.72 Å². The number of piperazine rings is 1. The van der Waals surface area contributed by atoms with E-state index in [0.717, 1.165) is 12.0 Å². The minimum absolute atomic E-state index is 0.0206. The number of halogens is 1. The van der Waals surface area contributed by atoms with Gasteiger partial charge in [-0.2, -0.15) is 0 Å². The molecule has 1 aliphatic heterocycles. The summed E-state index contributed by atoms with van der Waals surface area (Å²) in [4.78, 5) is 15.6. The Labute approximate surface area is 198 Å². The van der Waals surface area contributed by atoms with Crippen LogP contribution in [-0.4, -0.2) is 45.7 Å². The van der Waals surface area contributed by atoms with Crippen LogP contribution in [0.4, 0.5) is 21.5 Å². The van der Waals surface area contributed by atoms with Crippen molar-refractivity contribution < 1.29 is 22.7 Å². The fraction of sp³-hybridized carbons (Fsp3) is 0.240. The summed E-state index contributed by atoms with van der Waals surface area (Å²) in [5.41, 5.74) is 2.29. The summed E-state index contributed by atoms with van der Waals surface area (Å²) in [7, 11) is -3.93. The summed E-state index contributed by atoms with van der Waals surface area (Å²) in [6.07, 6.45) is 0.789. The molecule has 1 aliphatic rings. The van der Waals surface area contributed by atoms with E-state index in [-0.39, 0.29) is 22.0 Å². The maximum Gasteiger partial charge on any atom is 0.335 e. The van der Waals surface area contributed by atoms with Gasteiger partial charge in [0.15, 0.2) is 0 Å². The summed E-state index contributed by atoms with van der Waals surface area (Å²) in [5, 5.41) is 9.44. The van der Waals surface area contributed by atoms with E-state index < -0.39 is 16.0 Å². The normalized spacial score (nSPS) is 14.2. The van der Waals surface area contributed by atoms with Crippen molar-refractivity contribution in [3.05, 3.63) is 83.7 Å². The van der Waals surface area contributed by atoms with Crippen molar-refractivity contribution in [1.82, 2.24) is 0 Å². The first-order valence-corrected chi connectivity index (χ1v) is 12.5. The number of rotatable bonds is 7. The van der Waals surface area contributed by atoms with Gasteiger partial charge in [0.2, 0.25) is 0 Å². The van der Waals surface area contributed by atoms with E-state index in [1.807, 2.05) is 16.7 Å². The number of para-hydroxylation sites is 1. The van der Waals surface area contributed by atoms with Gasteiger partial charge in [0.1, 0.15) is 5.82 Å². The predicted molar refractivity (Wildman–Crippen MR) is 131 cm³/mol. The van der Waals surface area contributed by atoms with Crippen LogP contribution in [0.3, 0.4) is 0 Å². The number of benzene rings is 3. The fourth-order valence-electron chi connectivity index (χ4n) is 4.03. The van der Waals surface area contributed by atoms with Crippen LogP contribution in [0.25, 0.3) is 0 Å². The molecule has 0 aliphatic carbocycles. The lowest BCUT2D eigenvalue weighted by molar-refractivity contribution is 0.0697. The second-order valence-corrected chi connectivity index (χ2v) is 9.75. The van der Waals surface area contributed by atoms with Crippen LogP contribution in [0.1, 0.15) is 22.8 Å². The molecule has 0 saturated carbocycles. The summed E-state index contributed by atoms with van der Waals surface area (Å²) in [6.45, 7) is 4.08. The van der Waals surface area contributed by atoms with Gasteiger partial charge in [-0.1, -0.05) is 31.2 Å².